The van der Waals surface area contributed by atoms with Crippen LogP contribution in [0.15, 0.2) is 24.3 Å². The second-order valence-electron chi connectivity index (χ2n) is 4.10. The Morgan fingerprint density at radius 1 is 1.42 bits per heavy atom. The first-order valence-corrected chi connectivity index (χ1v) is 6.67. The number of amides is 1. The maximum absolute atomic E-state index is 12.6. The molecule has 1 aromatic rings. The minimum Gasteiger partial charge on any atom is -0.395 e. The molecule has 0 spiro atoms. The monoisotopic (exact) mass is 291 g/mol. The average molecular weight is 291 g/mol. The number of hydrogen-bond acceptors (Lipinski definition) is 3. The number of hydrogen-bond donors (Lipinski definition) is 1. The van der Waals surface area contributed by atoms with Crippen molar-refractivity contribution in [3.05, 3.63) is 35.4 Å². The molecule has 1 saturated heterocycles. The molecule has 2 rings (SSSR count). The van der Waals surface area contributed by atoms with Gasteiger partial charge in [0.1, 0.15) is 5.37 Å². The van der Waals surface area contributed by atoms with Crippen LogP contribution in [0.1, 0.15) is 16.5 Å². The predicted molar refractivity (Wildman–Crippen MR) is 65.4 cm³/mol. The molecule has 1 atom stereocenters. The molecule has 0 bridgehead atoms. The zero-order valence-electron chi connectivity index (χ0n) is 9.85. The summed E-state index contributed by atoms with van der Waals surface area (Å²) in [6, 6.07) is 4.95. The molecular weight excluding hydrogens is 279 g/mol. The van der Waals surface area contributed by atoms with Crippen molar-refractivity contribution in [1.29, 1.82) is 0 Å². The highest BCUT2D eigenvalue weighted by molar-refractivity contribution is 8.00. The number of carbonyl (C=O) groups excluding carboxylic acids is 1. The smallest absolute Gasteiger partial charge is 0.395 e. The number of carbonyl (C=O) groups is 1. The summed E-state index contributed by atoms with van der Waals surface area (Å²) in [5, 5.41) is 8.45. The van der Waals surface area contributed by atoms with E-state index >= 15 is 0 Å². The molecule has 1 fully saturated rings. The predicted octanol–water partition coefficient (Wildman–Crippen LogP) is 2.27. The maximum Gasteiger partial charge on any atom is 0.416 e. The minimum atomic E-state index is -4.40. The Morgan fingerprint density at radius 3 is 2.79 bits per heavy atom. The summed E-state index contributed by atoms with van der Waals surface area (Å²) in [4.78, 5) is 13.0. The van der Waals surface area contributed by atoms with E-state index in [1.807, 2.05) is 0 Å². The summed E-state index contributed by atoms with van der Waals surface area (Å²) < 4.78 is 37.9. The molecule has 3 nitrogen and oxygen atoms in total. The van der Waals surface area contributed by atoms with Gasteiger partial charge in [-0.2, -0.15) is 13.2 Å². The second kappa shape index (κ2) is 5.42. The van der Waals surface area contributed by atoms with E-state index in [0.717, 1.165) is 12.1 Å². The fraction of sp³-hybridized carbons (Fsp3) is 0.417. The number of rotatable bonds is 3. The molecule has 0 aliphatic carbocycles. The first kappa shape index (κ1) is 14.2. The van der Waals surface area contributed by atoms with Crippen LogP contribution in [0.2, 0.25) is 0 Å². The van der Waals surface area contributed by atoms with Crippen molar-refractivity contribution in [2.75, 3.05) is 18.9 Å². The largest absolute Gasteiger partial charge is 0.416 e. The molecule has 0 aromatic heterocycles. The average Bonchev–Trinajstić information content (AvgIpc) is 2.71. The van der Waals surface area contributed by atoms with E-state index in [2.05, 4.69) is 0 Å². The van der Waals surface area contributed by atoms with Gasteiger partial charge in [0.15, 0.2) is 0 Å². The molecule has 104 valence electrons. The topological polar surface area (TPSA) is 40.5 Å². The van der Waals surface area contributed by atoms with Crippen LogP contribution in [0.25, 0.3) is 0 Å². The van der Waals surface area contributed by atoms with Gasteiger partial charge in [0.25, 0.3) is 0 Å². The van der Waals surface area contributed by atoms with Crippen LogP contribution in [0, 0.1) is 0 Å². The molecule has 1 heterocycles. The number of halogens is 3. The summed E-state index contributed by atoms with van der Waals surface area (Å²) in [5.41, 5.74) is -0.298. The van der Waals surface area contributed by atoms with Crippen molar-refractivity contribution in [2.45, 2.75) is 11.6 Å². The van der Waals surface area contributed by atoms with E-state index in [9.17, 15) is 18.0 Å². The normalized spacial score (nSPS) is 20.1. The lowest BCUT2D eigenvalue weighted by atomic mass is 10.1. The van der Waals surface area contributed by atoms with Crippen LogP contribution in [0.4, 0.5) is 13.2 Å². The van der Waals surface area contributed by atoms with E-state index in [4.69, 9.17) is 5.11 Å². The molecule has 1 aliphatic rings. The first-order chi connectivity index (χ1) is 8.93. The van der Waals surface area contributed by atoms with Gasteiger partial charge in [-0.3, -0.25) is 4.79 Å². The van der Waals surface area contributed by atoms with Crippen molar-refractivity contribution >= 4 is 17.7 Å². The summed E-state index contributed by atoms with van der Waals surface area (Å²) in [7, 11) is 0. The van der Waals surface area contributed by atoms with Crippen molar-refractivity contribution in [2.24, 2.45) is 0 Å². The van der Waals surface area contributed by atoms with Gasteiger partial charge in [-0.25, -0.2) is 0 Å². The third kappa shape index (κ3) is 3.03. The van der Waals surface area contributed by atoms with Crippen molar-refractivity contribution < 1.29 is 23.1 Å². The number of nitrogens with zero attached hydrogens (tertiary/aromatic N) is 1. The molecule has 0 radical (unpaired) electrons. The number of aliphatic hydroxyl groups excluding tert-OH is 1. The van der Waals surface area contributed by atoms with Gasteiger partial charge in [0.05, 0.1) is 17.9 Å². The van der Waals surface area contributed by atoms with E-state index in [1.54, 1.807) is 6.07 Å². The van der Waals surface area contributed by atoms with Crippen LogP contribution < -0.4 is 0 Å². The van der Waals surface area contributed by atoms with E-state index in [-0.39, 0.29) is 24.8 Å². The van der Waals surface area contributed by atoms with Crippen LogP contribution in [-0.4, -0.2) is 34.8 Å². The molecule has 1 amide bonds. The van der Waals surface area contributed by atoms with E-state index < -0.39 is 17.1 Å². The fourth-order valence-corrected chi connectivity index (χ4v) is 3.16. The SMILES string of the molecule is O=C1CS[C@H](c2cccc(C(F)(F)F)c2)N1CCO. The van der Waals surface area contributed by atoms with Crippen LogP contribution in [0.5, 0.6) is 0 Å². The lowest BCUT2D eigenvalue weighted by Crippen LogP contribution is -2.31. The van der Waals surface area contributed by atoms with Gasteiger partial charge in [-0.05, 0) is 17.7 Å². The van der Waals surface area contributed by atoms with E-state index in [0.29, 0.717) is 5.56 Å². The van der Waals surface area contributed by atoms with Crippen molar-refractivity contribution in [3.8, 4) is 0 Å². The summed E-state index contributed by atoms with van der Waals surface area (Å²) in [6.45, 7) is -0.0749. The van der Waals surface area contributed by atoms with Gasteiger partial charge in [0, 0.05) is 6.54 Å². The van der Waals surface area contributed by atoms with Gasteiger partial charge in [-0.1, -0.05) is 12.1 Å². The molecule has 1 aliphatic heterocycles. The van der Waals surface area contributed by atoms with Crippen molar-refractivity contribution in [3.63, 3.8) is 0 Å². The molecule has 1 N–H and O–H groups in total. The first-order valence-electron chi connectivity index (χ1n) is 5.62. The Kier molecular flexibility index (Phi) is 4.05. The van der Waals surface area contributed by atoms with E-state index in [1.165, 1.54) is 22.7 Å². The summed E-state index contributed by atoms with van der Waals surface area (Å²) >= 11 is 1.27. The van der Waals surface area contributed by atoms with Gasteiger partial charge < -0.3 is 10.0 Å². The minimum absolute atomic E-state index is 0.132. The molecule has 7 heteroatoms. The third-order valence-corrected chi connectivity index (χ3v) is 4.06. The highest BCUT2D eigenvalue weighted by Gasteiger charge is 2.35. The number of thioether (sulfide) groups is 1. The Hall–Kier alpha value is -1.21. The van der Waals surface area contributed by atoms with Crippen LogP contribution in [-0.2, 0) is 11.0 Å². The number of benzene rings is 1. The second-order valence-corrected chi connectivity index (χ2v) is 5.17. The highest BCUT2D eigenvalue weighted by Crippen LogP contribution is 2.40. The summed E-state index contributed by atoms with van der Waals surface area (Å²) in [6.07, 6.45) is -4.40. The summed E-state index contributed by atoms with van der Waals surface area (Å²) in [5.74, 6) is 0.0578. The number of aliphatic hydroxyl groups is 1. The standard InChI is InChI=1S/C12H12F3NO2S/c13-12(14,15)9-3-1-2-8(6-9)11-16(4-5-17)10(18)7-19-11/h1-3,6,11,17H,4-5,7H2/t11-/m1/s1. The van der Waals surface area contributed by atoms with Crippen LogP contribution in [0.3, 0.4) is 0 Å². The molecule has 0 unspecified atom stereocenters. The van der Waals surface area contributed by atoms with Gasteiger partial charge in [0.2, 0.25) is 5.91 Å². The zero-order chi connectivity index (χ0) is 14.0. The Balaban J connectivity index is 2.29. The van der Waals surface area contributed by atoms with Gasteiger partial charge >= 0.3 is 6.18 Å². The third-order valence-electron chi connectivity index (χ3n) is 2.81. The lowest BCUT2D eigenvalue weighted by molar-refractivity contribution is -0.137. The number of β-amino-alcohol motifs (C(OH)–C–C–N with tert-alkyl or cyclic N) is 1. The quantitative estimate of drug-likeness (QED) is 0.929. The Morgan fingerprint density at radius 2 is 2.16 bits per heavy atom. The fourth-order valence-electron chi connectivity index (χ4n) is 1.95. The molecule has 0 saturated carbocycles. The lowest BCUT2D eigenvalue weighted by Gasteiger charge is -2.23. The highest BCUT2D eigenvalue weighted by atomic mass is 32.2. The molecule has 19 heavy (non-hydrogen) atoms. The van der Waals surface area contributed by atoms with Gasteiger partial charge in [-0.15, -0.1) is 11.8 Å². The Labute approximate surface area is 112 Å². The number of alkyl halides is 3. The maximum atomic E-state index is 12.6. The van der Waals surface area contributed by atoms with Crippen LogP contribution >= 0.6 is 11.8 Å². The van der Waals surface area contributed by atoms with Crippen molar-refractivity contribution in [1.82, 2.24) is 4.90 Å². The molecular formula is C12H12F3NO2S. The Bertz CT molecular complexity index is 478. The molecule has 1 aromatic carbocycles. The zero-order valence-corrected chi connectivity index (χ0v) is 10.7.